The fraction of sp³-hybridized carbons (Fsp3) is 0.143. The minimum absolute atomic E-state index is 0.187. The van der Waals surface area contributed by atoms with E-state index in [0.717, 1.165) is 0 Å². The zero-order valence-corrected chi connectivity index (χ0v) is 14.0. The van der Waals surface area contributed by atoms with E-state index in [2.05, 4.69) is 11.9 Å². The zero-order valence-electron chi connectivity index (χ0n) is 10.9. The smallest absolute Gasteiger partial charge is 0.261 e. The fourth-order valence-corrected chi connectivity index (χ4v) is 2.83. The van der Waals surface area contributed by atoms with Gasteiger partial charge < -0.3 is 5.32 Å². The number of nitrogens with one attached hydrogen (secondary N) is 1. The third-order valence-electron chi connectivity index (χ3n) is 2.31. The first kappa shape index (κ1) is 18.0. The molecular weight excluding hydrogens is 353 g/mol. The van der Waals surface area contributed by atoms with Crippen LogP contribution in [0.4, 0.5) is 0 Å². The highest BCUT2D eigenvalue weighted by Crippen LogP contribution is 2.21. The number of hydrogen-bond donors (Lipinski definition) is 1. The summed E-state index contributed by atoms with van der Waals surface area (Å²) < 4.78 is 0.552. The molecule has 1 aromatic heterocycles. The number of halogens is 3. The minimum Gasteiger partial charge on any atom is -0.351 e. The number of allylic oxidation sites excluding steroid dienone is 4. The molecular formula is C14H12Cl3NO2S. The third-order valence-corrected chi connectivity index (χ3v) is 4.07. The lowest BCUT2D eigenvalue weighted by Crippen LogP contribution is -2.23. The van der Waals surface area contributed by atoms with Gasteiger partial charge >= 0.3 is 0 Å². The van der Waals surface area contributed by atoms with E-state index in [1.807, 2.05) is 0 Å². The van der Waals surface area contributed by atoms with E-state index in [9.17, 15) is 9.59 Å². The summed E-state index contributed by atoms with van der Waals surface area (Å²) in [7, 11) is 0. The Balaban J connectivity index is 2.56. The van der Waals surface area contributed by atoms with Crippen molar-refractivity contribution in [2.24, 2.45) is 0 Å². The fourth-order valence-electron chi connectivity index (χ4n) is 1.39. The van der Waals surface area contributed by atoms with Crippen LogP contribution in [0, 0.1) is 0 Å². The molecule has 3 nitrogen and oxygen atoms in total. The Labute approximate surface area is 141 Å². The highest BCUT2D eigenvalue weighted by atomic mass is 35.5. The van der Waals surface area contributed by atoms with Gasteiger partial charge in [0.2, 0.25) is 0 Å². The summed E-state index contributed by atoms with van der Waals surface area (Å²) in [4.78, 5) is 23.5. The molecule has 0 aliphatic carbocycles. The Morgan fingerprint density at radius 3 is 2.57 bits per heavy atom. The van der Waals surface area contributed by atoms with Crippen LogP contribution in [-0.4, -0.2) is 17.7 Å². The van der Waals surface area contributed by atoms with Crippen LogP contribution in [0.15, 0.2) is 47.5 Å². The van der Waals surface area contributed by atoms with Crippen molar-refractivity contribution in [3.63, 3.8) is 0 Å². The third kappa shape index (κ3) is 6.06. The second kappa shape index (κ2) is 9.05. The molecule has 1 N–H and O–H groups in total. The van der Waals surface area contributed by atoms with Gasteiger partial charge in [-0.3, -0.25) is 9.59 Å². The van der Waals surface area contributed by atoms with Crippen molar-refractivity contribution in [2.45, 2.75) is 6.42 Å². The highest BCUT2D eigenvalue weighted by molar-refractivity contribution is 7.18. The summed E-state index contributed by atoms with van der Waals surface area (Å²) in [5, 5.41) is 2.26. The lowest BCUT2D eigenvalue weighted by Gasteiger charge is -2.03. The van der Waals surface area contributed by atoms with Crippen molar-refractivity contribution in [3.05, 3.63) is 56.8 Å². The van der Waals surface area contributed by atoms with Gasteiger partial charge in [0.1, 0.15) is 0 Å². The maximum atomic E-state index is 11.7. The van der Waals surface area contributed by atoms with Crippen LogP contribution in [0.1, 0.15) is 16.1 Å². The van der Waals surface area contributed by atoms with Gasteiger partial charge in [0.05, 0.1) is 14.2 Å². The summed E-state index contributed by atoms with van der Waals surface area (Å²) in [6, 6.07) is 3.31. The van der Waals surface area contributed by atoms with Crippen molar-refractivity contribution in [3.8, 4) is 0 Å². The Kier molecular flexibility index (Phi) is 7.75. The molecule has 1 rings (SSSR count). The molecule has 21 heavy (non-hydrogen) atoms. The molecule has 0 spiro atoms. The highest BCUT2D eigenvalue weighted by Gasteiger charge is 2.10. The molecule has 0 bridgehead atoms. The Hall–Kier alpha value is -1.07. The summed E-state index contributed by atoms with van der Waals surface area (Å²) >= 11 is 18.3. The molecule has 0 aliphatic rings. The molecule has 1 heterocycles. The van der Waals surface area contributed by atoms with Gasteiger partial charge in [-0.1, -0.05) is 41.9 Å². The summed E-state index contributed by atoms with van der Waals surface area (Å²) in [6.07, 6.45) is 4.91. The normalized spacial score (nSPS) is 12.1. The van der Waals surface area contributed by atoms with Gasteiger partial charge in [0.15, 0.2) is 0 Å². The number of amides is 1. The summed E-state index contributed by atoms with van der Waals surface area (Å²) in [5.74, 6) is -0.216. The van der Waals surface area contributed by atoms with E-state index in [-0.39, 0.29) is 16.5 Å². The SMILES string of the molecule is C=C/C=C(Cl)\C(=C/CCNC(=O)c1ccc(Cl)s1)C(=O)Cl. The molecule has 0 saturated carbocycles. The monoisotopic (exact) mass is 363 g/mol. The largest absolute Gasteiger partial charge is 0.351 e. The second-order valence-corrected chi connectivity index (χ2v) is 6.26. The second-order valence-electron chi connectivity index (χ2n) is 3.79. The lowest BCUT2D eigenvalue weighted by molar-refractivity contribution is -0.108. The van der Waals surface area contributed by atoms with Crippen LogP contribution < -0.4 is 5.32 Å². The number of rotatable bonds is 7. The average Bonchev–Trinajstić information content (AvgIpc) is 2.84. The predicted octanol–water partition coefficient (Wildman–Crippen LogP) is 4.52. The zero-order chi connectivity index (χ0) is 15.8. The van der Waals surface area contributed by atoms with Gasteiger partial charge in [0.25, 0.3) is 11.1 Å². The first-order valence-corrected chi connectivity index (χ1v) is 7.83. The maximum absolute atomic E-state index is 11.7. The standard InChI is InChI=1S/C14H12Cl3NO2S/c1-2-4-10(15)9(13(17)19)5-3-8-18-14(20)11-6-7-12(16)21-11/h2,4-7H,1,3,8H2,(H,18,20)/b9-5+,10-4+. The van der Waals surface area contributed by atoms with E-state index < -0.39 is 5.24 Å². The predicted molar refractivity (Wildman–Crippen MR) is 89.4 cm³/mol. The van der Waals surface area contributed by atoms with E-state index in [1.54, 1.807) is 18.2 Å². The van der Waals surface area contributed by atoms with Gasteiger partial charge in [0, 0.05) is 12.1 Å². The van der Waals surface area contributed by atoms with Crippen LogP contribution >= 0.6 is 46.1 Å². The number of thiophene rings is 1. The van der Waals surface area contributed by atoms with E-state index in [4.69, 9.17) is 34.8 Å². The van der Waals surface area contributed by atoms with Crippen LogP contribution in [0.3, 0.4) is 0 Å². The minimum atomic E-state index is -0.658. The molecule has 0 unspecified atom stereocenters. The van der Waals surface area contributed by atoms with E-state index in [1.165, 1.54) is 23.5 Å². The van der Waals surface area contributed by atoms with Crippen molar-refractivity contribution in [1.82, 2.24) is 5.32 Å². The van der Waals surface area contributed by atoms with Gasteiger partial charge in [-0.15, -0.1) is 11.3 Å². The van der Waals surface area contributed by atoms with Crippen molar-refractivity contribution >= 4 is 57.3 Å². The first-order chi connectivity index (χ1) is 9.95. The van der Waals surface area contributed by atoms with Crippen molar-refractivity contribution in [2.75, 3.05) is 6.54 Å². The molecule has 0 fully saturated rings. The molecule has 1 aromatic rings. The molecule has 1 amide bonds. The van der Waals surface area contributed by atoms with Crippen LogP contribution in [0.5, 0.6) is 0 Å². The average molecular weight is 365 g/mol. The maximum Gasteiger partial charge on any atom is 0.261 e. The topological polar surface area (TPSA) is 46.2 Å². The van der Waals surface area contributed by atoms with E-state index >= 15 is 0 Å². The number of carbonyl (C=O) groups is 2. The number of carbonyl (C=O) groups excluding carboxylic acids is 2. The van der Waals surface area contributed by atoms with Crippen LogP contribution in [0.25, 0.3) is 0 Å². The molecule has 0 aromatic carbocycles. The molecule has 0 radical (unpaired) electrons. The van der Waals surface area contributed by atoms with Gasteiger partial charge in [-0.2, -0.15) is 0 Å². The Morgan fingerprint density at radius 2 is 2.05 bits per heavy atom. The van der Waals surface area contributed by atoms with Crippen LogP contribution in [0.2, 0.25) is 4.34 Å². The molecule has 0 atom stereocenters. The Bertz CT molecular complexity index is 605. The summed E-state index contributed by atoms with van der Waals surface area (Å²) in [5.41, 5.74) is 0.187. The quantitative estimate of drug-likeness (QED) is 0.334. The molecule has 112 valence electrons. The van der Waals surface area contributed by atoms with Crippen molar-refractivity contribution < 1.29 is 9.59 Å². The molecule has 7 heteroatoms. The Morgan fingerprint density at radius 1 is 1.33 bits per heavy atom. The van der Waals surface area contributed by atoms with Gasteiger partial charge in [-0.25, -0.2) is 0 Å². The molecule has 0 saturated heterocycles. The lowest BCUT2D eigenvalue weighted by atomic mass is 10.2. The van der Waals surface area contributed by atoms with Crippen LogP contribution in [-0.2, 0) is 4.79 Å². The van der Waals surface area contributed by atoms with Gasteiger partial charge in [-0.05, 0) is 36.2 Å². The first-order valence-electron chi connectivity index (χ1n) is 5.87. The van der Waals surface area contributed by atoms with Crippen molar-refractivity contribution in [1.29, 1.82) is 0 Å². The number of hydrogen-bond acceptors (Lipinski definition) is 3. The molecule has 0 aliphatic heterocycles. The summed E-state index contributed by atoms with van der Waals surface area (Å²) in [6.45, 7) is 3.84. The van der Waals surface area contributed by atoms with E-state index in [0.29, 0.717) is 22.2 Å².